The van der Waals surface area contributed by atoms with E-state index in [4.69, 9.17) is 0 Å². The Kier molecular flexibility index (Phi) is 5.06. The Morgan fingerprint density at radius 1 is 0.870 bits per heavy atom. The van der Waals surface area contributed by atoms with Crippen molar-refractivity contribution in [1.29, 1.82) is 0 Å². The summed E-state index contributed by atoms with van der Waals surface area (Å²) in [6, 6.07) is 25.2. The molecule has 0 aliphatic rings. The molecule has 1 amide bonds. The number of carbonyl (C=O) groups is 1. The smallest absolute Gasteiger partial charge is 0.243 e. The molecular formula is C19H16N2OS. The minimum absolute atomic E-state index is 0.0799. The van der Waals surface area contributed by atoms with Crippen molar-refractivity contribution in [2.75, 3.05) is 5.32 Å². The van der Waals surface area contributed by atoms with Crippen LogP contribution in [0.1, 0.15) is 10.8 Å². The molecule has 2 aromatic carbocycles. The van der Waals surface area contributed by atoms with E-state index in [0.717, 1.165) is 10.5 Å². The Morgan fingerprint density at radius 2 is 1.52 bits per heavy atom. The maximum absolute atomic E-state index is 12.7. The molecule has 1 N–H and O–H groups in total. The van der Waals surface area contributed by atoms with E-state index in [1.165, 1.54) is 11.8 Å². The highest BCUT2D eigenvalue weighted by molar-refractivity contribution is 8.00. The maximum atomic E-state index is 12.7. The average Bonchev–Trinajstić information content (AvgIpc) is 2.62. The van der Waals surface area contributed by atoms with Crippen LogP contribution in [0.25, 0.3) is 0 Å². The minimum atomic E-state index is -0.333. The highest BCUT2D eigenvalue weighted by Crippen LogP contribution is 2.35. The summed E-state index contributed by atoms with van der Waals surface area (Å²) in [7, 11) is 0. The van der Waals surface area contributed by atoms with Gasteiger partial charge in [0.2, 0.25) is 5.91 Å². The third kappa shape index (κ3) is 4.20. The van der Waals surface area contributed by atoms with Gasteiger partial charge in [-0.25, -0.2) is 4.98 Å². The van der Waals surface area contributed by atoms with E-state index in [0.29, 0.717) is 5.82 Å². The highest BCUT2D eigenvalue weighted by Gasteiger charge is 2.22. The highest BCUT2D eigenvalue weighted by atomic mass is 32.2. The molecule has 23 heavy (non-hydrogen) atoms. The van der Waals surface area contributed by atoms with Gasteiger partial charge in [0.05, 0.1) is 0 Å². The third-order valence-corrected chi connectivity index (χ3v) is 4.52. The predicted molar refractivity (Wildman–Crippen MR) is 94.3 cm³/mol. The molecule has 3 aromatic rings. The number of anilines is 1. The van der Waals surface area contributed by atoms with Gasteiger partial charge in [-0.3, -0.25) is 4.79 Å². The first-order valence-electron chi connectivity index (χ1n) is 7.31. The van der Waals surface area contributed by atoms with E-state index < -0.39 is 0 Å². The van der Waals surface area contributed by atoms with Crippen LogP contribution in [0.15, 0.2) is 90.0 Å². The molecule has 4 heteroatoms. The molecule has 0 fully saturated rings. The van der Waals surface area contributed by atoms with Crippen LogP contribution < -0.4 is 5.32 Å². The molecule has 1 aromatic heterocycles. The molecule has 0 saturated carbocycles. The normalized spacial score (nSPS) is 11.7. The zero-order valence-electron chi connectivity index (χ0n) is 12.4. The number of nitrogens with zero attached hydrogens (tertiary/aromatic N) is 1. The predicted octanol–water partition coefficient (Wildman–Crippen LogP) is 4.55. The number of amides is 1. The van der Waals surface area contributed by atoms with Crippen molar-refractivity contribution < 1.29 is 4.79 Å². The lowest BCUT2D eigenvalue weighted by Gasteiger charge is -2.16. The molecular weight excluding hydrogens is 304 g/mol. The van der Waals surface area contributed by atoms with E-state index in [-0.39, 0.29) is 11.2 Å². The Morgan fingerprint density at radius 3 is 2.17 bits per heavy atom. The summed E-state index contributed by atoms with van der Waals surface area (Å²) < 4.78 is 0. The van der Waals surface area contributed by atoms with Crippen LogP contribution in [0.3, 0.4) is 0 Å². The van der Waals surface area contributed by atoms with Crippen molar-refractivity contribution in [1.82, 2.24) is 4.98 Å². The number of aromatic nitrogens is 1. The number of rotatable bonds is 5. The molecule has 1 atom stereocenters. The zero-order chi connectivity index (χ0) is 15.9. The van der Waals surface area contributed by atoms with E-state index in [9.17, 15) is 4.79 Å². The van der Waals surface area contributed by atoms with Gasteiger partial charge in [0.1, 0.15) is 11.1 Å². The molecule has 1 heterocycles. The number of hydrogen-bond acceptors (Lipinski definition) is 3. The summed E-state index contributed by atoms with van der Waals surface area (Å²) in [5.41, 5.74) is 0.967. The second-order valence-corrected chi connectivity index (χ2v) is 6.10. The Labute approximate surface area is 139 Å². The van der Waals surface area contributed by atoms with Crippen LogP contribution >= 0.6 is 11.8 Å². The fourth-order valence-corrected chi connectivity index (χ4v) is 3.21. The molecule has 3 nitrogen and oxygen atoms in total. The topological polar surface area (TPSA) is 42.0 Å². The third-order valence-electron chi connectivity index (χ3n) is 3.25. The van der Waals surface area contributed by atoms with Crippen LogP contribution in [0.5, 0.6) is 0 Å². The summed E-state index contributed by atoms with van der Waals surface area (Å²) >= 11 is 1.53. The molecule has 3 rings (SSSR count). The van der Waals surface area contributed by atoms with E-state index >= 15 is 0 Å². The van der Waals surface area contributed by atoms with Crippen molar-refractivity contribution in [2.24, 2.45) is 0 Å². The summed E-state index contributed by atoms with van der Waals surface area (Å²) in [4.78, 5) is 18.0. The van der Waals surface area contributed by atoms with Crippen LogP contribution in [0.4, 0.5) is 5.82 Å². The maximum Gasteiger partial charge on any atom is 0.243 e. The second-order valence-electron chi connectivity index (χ2n) is 4.93. The molecule has 114 valence electrons. The van der Waals surface area contributed by atoms with Gasteiger partial charge in [0, 0.05) is 11.1 Å². The summed E-state index contributed by atoms with van der Waals surface area (Å²) in [5, 5.41) is 2.56. The number of nitrogens with one attached hydrogen (secondary N) is 1. The number of thioether (sulfide) groups is 1. The van der Waals surface area contributed by atoms with E-state index in [1.807, 2.05) is 72.8 Å². The lowest BCUT2D eigenvalue weighted by Crippen LogP contribution is -2.19. The van der Waals surface area contributed by atoms with Gasteiger partial charge in [-0.05, 0) is 29.8 Å². The van der Waals surface area contributed by atoms with E-state index in [1.54, 1.807) is 12.3 Å². The summed E-state index contributed by atoms with van der Waals surface area (Å²) in [6.45, 7) is 0. The molecule has 0 radical (unpaired) electrons. The summed E-state index contributed by atoms with van der Waals surface area (Å²) in [6.07, 6.45) is 1.66. The standard InChI is InChI=1S/C19H16N2OS/c22-19(21-17-13-7-8-14-20-17)18(15-9-3-1-4-10-15)23-16-11-5-2-6-12-16/h1-14,18H,(H,20,21,22). The van der Waals surface area contributed by atoms with Crippen LogP contribution in [-0.2, 0) is 4.79 Å². The summed E-state index contributed by atoms with van der Waals surface area (Å²) in [5.74, 6) is 0.482. The monoisotopic (exact) mass is 320 g/mol. The molecule has 0 aliphatic carbocycles. The number of carbonyl (C=O) groups excluding carboxylic acids is 1. The molecule has 0 saturated heterocycles. The van der Waals surface area contributed by atoms with Gasteiger partial charge in [-0.15, -0.1) is 11.8 Å². The molecule has 0 aliphatic heterocycles. The van der Waals surface area contributed by atoms with Crippen molar-refractivity contribution in [3.63, 3.8) is 0 Å². The van der Waals surface area contributed by atoms with Crippen LogP contribution in [-0.4, -0.2) is 10.9 Å². The number of pyridine rings is 1. The van der Waals surface area contributed by atoms with Crippen LogP contribution in [0.2, 0.25) is 0 Å². The van der Waals surface area contributed by atoms with Crippen molar-refractivity contribution in [3.8, 4) is 0 Å². The number of hydrogen-bond donors (Lipinski definition) is 1. The second kappa shape index (κ2) is 7.61. The lowest BCUT2D eigenvalue weighted by atomic mass is 10.1. The molecule has 0 bridgehead atoms. The molecule has 0 spiro atoms. The van der Waals surface area contributed by atoms with Gasteiger partial charge in [0.25, 0.3) is 0 Å². The SMILES string of the molecule is O=C(Nc1ccccn1)C(Sc1ccccc1)c1ccccc1. The Hall–Kier alpha value is -2.59. The van der Waals surface area contributed by atoms with Crippen molar-refractivity contribution >= 4 is 23.5 Å². The van der Waals surface area contributed by atoms with Crippen molar-refractivity contribution in [2.45, 2.75) is 10.1 Å². The first-order valence-corrected chi connectivity index (χ1v) is 8.19. The van der Waals surface area contributed by atoms with Gasteiger partial charge < -0.3 is 5.32 Å². The fourth-order valence-electron chi connectivity index (χ4n) is 2.16. The van der Waals surface area contributed by atoms with E-state index in [2.05, 4.69) is 10.3 Å². The minimum Gasteiger partial charge on any atom is -0.309 e. The van der Waals surface area contributed by atoms with Crippen LogP contribution in [0, 0.1) is 0 Å². The molecule has 1 unspecified atom stereocenters. The van der Waals surface area contributed by atoms with Gasteiger partial charge in [0.15, 0.2) is 0 Å². The first kappa shape index (κ1) is 15.3. The zero-order valence-corrected chi connectivity index (χ0v) is 13.2. The Balaban J connectivity index is 1.84. The van der Waals surface area contributed by atoms with Gasteiger partial charge >= 0.3 is 0 Å². The number of benzene rings is 2. The Bertz CT molecular complexity index is 748. The largest absolute Gasteiger partial charge is 0.309 e. The van der Waals surface area contributed by atoms with Gasteiger partial charge in [-0.2, -0.15) is 0 Å². The average molecular weight is 320 g/mol. The fraction of sp³-hybridized carbons (Fsp3) is 0.0526. The van der Waals surface area contributed by atoms with Crippen molar-refractivity contribution in [3.05, 3.63) is 90.6 Å². The lowest BCUT2D eigenvalue weighted by molar-refractivity contribution is -0.115. The quantitative estimate of drug-likeness (QED) is 0.701. The van der Waals surface area contributed by atoms with Gasteiger partial charge in [-0.1, -0.05) is 54.6 Å². The first-order chi connectivity index (χ1) is 11.3.